The van der Waals surface area contributed by atoms with Gasteiger partial charge in [-0.05, 0) is 34.8 Å². The fraction of sp³-hybridized carbons (Fsp3) is 0.542. The van der Waals surface area contributed by atoms with Gasteiger partial charge in [0.1, 0.15) is 5.01 Å². The smallest absolute Gasteiger partial charge is 0.337 e. The van der Waals surface area contributed by atoms with E-state index >= 15 is 0 Å². The number of carbonyl (C=O) groups is 2. The van der Waals surface area contributed by atoms with Gasteiger partial charge in [0.15, 0.2) is 0 Å². The Morgan fingerprint density at radius 1 is 1.06 bits per heavy atom. The summed E-state index contributed by atoms with van der Waals surface area (Å²) in [6.45, 7) is 14.5. The number of amides is 1. The summed E-state index contributed by atoms with van der Waals surface area (Å²) in [7, 11) is 1.11. The van der Waals surface area contributed by atoms with Crippen LogP contribution in [0.1, 0.15) is 73.0 Å². The van der Waals surface area contributed by atoms with Crippen LogP contribution in [0.2, 0.25) is 16.6 Å². The van der Waals surface area contributed by atoms with Gasteiger partial charge in [0.05, 0.1) is 31.5 Å². The molecule has 0 saturated heterocycles. The quantitative estimate of drug-likeness (QED) is 0.316. The molecule has 32 heavy (non-hydrogen) atoms. The average molecular weight is 477 g/mol. The maximum absolute atomic E-state index is 12.8. The molecule has 2 rings (SSSR count). The molecular formula is C24H36N2O4SSi. The van der Waals surface area contributed by atoms with Crippen molar-refractivity contribution in [2.75, 3.05) is 14.2 Å². The fourth-order valence-corrected chi connectivity index (χ4v) is 10.8. The Balaban J connectivity index is 2.06. The molecule has 0 spiro atoms. The highest BCUT2D eigenvalue weighted by Gasteiger charge is 2.45. The first kappa shape index (κ1) is 26.2. The molecule has 0 atom stereocenters. The first-order valence-corrected chi connectivity index (χ1v) is 14.1. The summed E-state index contributed by atoms with van der Waals surface area (Å²) in [6, 6.07) is 6.56. The highest BCUT2D eigenvalue weighted by Crippen LogP contribution is 2.42. The topological polar surface area (TPSA) is 68.7 Å². The van der Waals surface area contributed by atoms with E-state index in [4.69, 9.17) is 14.1 Å². The average Bonchev–Trinajstić information content (AvgIpc) is 3.19. The minimum atomic E-state index is -1.95. The van der Waals surface area contributed by atoms with Crippen LogP contribution in [0.25, 0.3) is 0 Å². The summed E-state index contributed by atoms with van der Waals surface area (Å²) in [5.74, 6) is -0.634. The molecule has 0 N–H and O–H groups in total. The lowest BCUT2D eigenvalue weighted by molar-refractivity contribution is 0.0600. The van der Waals surface area contributed by atoms with Crippen LogP contribution in [0, 0.1) is 0 Å². The Bertz CT molecular complexity index is 904. The van der Waals surface area contributed by atoms with Crippen molar-refractivity contribution in [3.8, 4) is 0 Å². The van der Waals surface area contributed by atoms with Crippen molar-refractivity contribution in [2.24, 2.45) is 0 Å². The van der Waals surface area contributed by atoms with E-state index in [2.05, 4.69) is 41.5 Å². The maximum Gasteiger partial charge on any atom is 0.337 e. The van der Waals surface area contributed by atoms with Gasteiger partial charge in [-0.25, -0.2) is 9.78 Å². The Kier molecular flexibility index (Phi) is 9.18. The molecule has 8 heteroatoms. The Hall–Kier alpha value is -2.03. The SMILES string of the molecule is COC(=O)c1cccc(C(=O)N(C)Cc2nc(CO[Si](C(C)C)(C(C)C)C(C)C)cs2)c1. The molecule has 0 aliphatic rings. The van der Waals surface area contributed by atoms with Crippen molar-refractivity contribution in [1.82, 2.24) is 9.88 Å². The Labute approximate surface area is 197 Å². The Morgan fingerprint density at radius 2 is 1.66 bits per heavy atom. The van der Waals surface area contributed by atoms with E-state index in [1.807, 2.05) is 5.38 Å². The summed E-state index contributed by atoms with van der Waals surface area (Å²) in [6.07, 6.45) is 0. The van der Waals surface area contributed by atoms with Crippen LogP contribution in [-0.2, 0) is 22.3 Å². The van der Waals surface area contributed by atoms with Gasteiger partial charge in [0.25, 0.3) is 5.91 Å². The van der Waals surface area contributed by atoms with E-state index in [0.717, 1.165) is 10.7 Å². The van der Waals surface area contributed by atoms with Gasteiger partial charge in [0, 0.05) is 18.0 Å². The second-order valence-electron chi connectivity index (χ2n) is 9.07. The van der Waals surface area contributed by atoms with Gasteiger partial charge in [-0.3, -0.25) is 4.79 Å². The number of aromatic nitrogens is 1. The van der Waals surface area contributed by atoms with Gasteiger partial charge < -0.3 is 14.1 Å². The fourth-order valence-electron chi connectivity index (χ4n) is 4.58. The number of esters is 1. The van der Waals surface area contributed by atoms with Crippen LogP contribution in [0.15, 0.2) is 29.6 Å². The van der Waals surface area contributed by atoms with Crippen LogP contribution in [0.5, 0.6) is 0 Å². The molecule has 2 aromatic rings. The molecule has 0 unspecified atom stereocenters. The van der Waals surface area contributed by atoms with E-state index in [1.54, 1.807) is 36.2 Å². The molecule has 0 fully saturated rings. The molecular weight excluding hydrogens is 440 g/mol. The molecule has 0 saturated carbocycles. The second-order valence-corrected chi connectivity index (χ2v) is 15.5. The molecule has 1 aromatic carbocycles. The highest BCUT2D eigenvalue weighted by atomic mass is 32.1. The standard InChI is InChI=1S/C24H36N2O4SSi/c1-16(2)32(17(3)4,18(5)6)30-14-21-15-31-22(25-21)13-26(7)23(27)19-10-9-11-20(12-19)24(28)29-8/h9-12,15-18H,13-14H2,1-8H3. The number of methoxy groups -OCH3 is 1. The minimum absolute atomic E-state index is 0.172. The van der Waals surface area contributed by atoms with Crippen LogP contribution in [0.4, 0.5) is 0 Å². The number of hydrogen-bond donors (Lipinski definition) is 0. The van der Waals surface area contributed by atoms with Crippen molar-refractivity contribution < 1.29 is 18.8 Å². The number of nitrogens with zero attached hydrogens (tertiary/aromatic N) is 2. The van der Waals surface area contributed by atoms with Crippen LogP contribution < -0.4 is 0 Å². The molecule has 0 aliphatic carbocycles. The lowest BCUT2D eigenvalue weighted by Gasteiger charge is -2.42. The zero-order valence-corrected chi connectivity index (χ0v) is 22.3. The molecule has 176 valence electrons. The van der Waals surface area contributed by atoms with E-state index in [0.29, 0.717) is 40.9 Å². The van der Waals surface area contributed by atoms with Gasteiger partial charge in [0.2, 0.25) is 8.32 Å². The largest absolute Gasteiger partial charge is 0.465 e. The van der Waals surface area contributed by atoms with Crippen molar-refractivity contribution in [1.29, 1.82) is 0 Å². The first-order chi connectivity index (χ1) is 15.0. The van der Waals surface area contributed by atoms with Crippen LogP contribution >= 0.6 is 11.3 Å². The molecule has 0 radical (unpaired) electrons. The molecule has 0 bridgehead atoms. The predicted molar refractivity (Wildman–Crippen MR) is 132 cm³/mol. The van der Waals surface area contributed by atoms with Gasteiger partial charge in [-0.1, -0.05) is 47.6 Å². The maximum atomic E-state index is 12.8. The summed E-state index contributed by atoms with van der Waals surface area (Å²) in [5.41, 5.74) is 3.27. The van der Waals surface area contributed by atoms with Crippen molar-refractivity contribution in [3.05, 3.63) is 51.5 Å². The normalized spacial score (nSPS) is 12.0. The third-order valence-corrected chi connectivity index (χ3v) is 13.0. The third-order valence-electron chi connectivity index (χ3n) is 6.03. The number of rotatable bonds is 10. The van der Waals surface area contributed by atoms with E-state index < -0.39 is 14.3 Å². The summed E-state index contributed by atoms with van der Waals surface area (Å²) in [4.78, 5) is 30.9. The van der Waals surface area contributed by atoms with E-state index in [-0.39, 0.29) is 5.91 Å². The number of carbonyl (C=O) groups excluding carboxylic acids is 2. The number of hydrogen-bond acceptors (Lipinski definition) is 6. The number of benzene rings is 1. The van der Waals surface area contributed by atoms with Crippen LogP contribution in [-0.4, -0.2) is 44.2 Å². The van der Waals surface area contributed by atoms with Gasteiger partial charge >= 0.3 is 5.97 Å². The van der Waals surface area contributed by atoms with E-state index in [9.17, 15) is 9.59 Å². The summed E-state index contributed by atoms with van der Waals surface area (Å²) >= 11 is 1.53. The highest BCUT2D eigenvalue weighted by molar-refractivity contribution is 7.09. The number of thiazole rings is 1. The van der Waals surface area contributed by atoms with Crippen molar-refractivity contribution in [3.63, 3.8) is 0 Å². The number of ether oxygens (including phenoxy) is 1. The predicted octanol–water partition coefficient (Wildman–Crippen LogP) is 5.89. The third kappa shape index (κ3) is 5.85. The first-order valence-electron chi connectivity index (χ1n) is 11.0. The van der Waals surface area contributed by atoms with Gasteiger partial charge in [-0.15, -0.1) is 11.3 Å². The molecule has 1 amide bonds. The molecule has 1 heterocycles. The zero-order valence-electron chi connectivity index (χ0n) is 20.5. The van der Waals surface area contributed by atoms with Crippen LogP contribution in [0.3, 0.4) is 0 Å². The molecule has 1 aromatic heterocycles. The summed E-state index contributed by atoms with van der Waals surface area (Å²) in [5, 5.41) is 2.88. The monoisotopic (exact) mass is 476 g/mol. The molecule has 6 nitrogen and oxygen atoms in total. The Morgan fingerprint density at radius 3 is 2.22 bits per heavy atom. The zero-order chi connectivity index (χ0) is 24.1. The van der Waals surface area contributed by atoms with Crippen molar-refractivity contribution >= 4 is 31.5 Å². The molecule has 0 aliphatic heterocycles. The van der Waals surface area contributed by atoms with E-state index in [1.165, 1.54) is 18.4 Å². The second kappa shape index (κ2) is 11.2. The summed E-state index contributed by atoms with van der Waals surface area (Å²) < 4.78 is 11.4. The lowest BCUT2D eigenvalue weighted by atomic mass is 10.1. The lowest BCUT2D eigenvalue weighted by Crippen LogP contribution is -2.47. The van der Waals surface area contributed by atoms with Gasteiger partial charge in [-0.2, -0.15) is 0 Å². The minimum Gasteiger partial charge on any atom is -0.465 e. The van der Waals surface area contributed by atoms with Crippen molar-refractivity contribution in [2.45, 2.75) is 71.3 Å².